The van der Waals surface area contributed by atoms with Crippen molar-refractivity contribution in [3.8, 4) is 5.75 Å². The van der Waals surface area contributed by atoms with E-state index in [2.05, 4.69) is 22.3 Å². The Morgan fingerprint density at radius 3 is 2.64 bits per heavy atom. The summed E-state index contributed by atoms with van der Waals surface area (Å²) in [7, 11) is 0. The number of halogens is 2. The minimum absolute atomic E-state index is 0.213. The van der Waals surface area contributed by atoms with Crippen LogP contribution in [-0.4, -0.2) is 27.3 Å². The number of anilines is 1. The first kappa shape index (κ1) is 23.1. The molecular weight excluding hydrogens is 463 g/mol. The zero-order valence-electron chi connectivity index (χ0n) is 18.3. The second-order valence-corrected chi connectivity index (χ2v) is 8.29. The van der Waals surface area contributed by atoms with E-state index >= 15 is 0 Å². The molecule has 0 radical (unpaired) electrons. The number of carbonyl (C=O) groups excluding carboxylic acids is 1. The lowest BCUT2D eigenvalue weighted by Crippen LogP contribution is -2.30. The summed E-state index contributed by atoms with van der Waals surface area (Å²) in [5.41, 5.74) is 2.84. The number of hydrogen-bond donors (Lipinski definition) is 1. The maximum atomic E-state index is 13.0. The zero-order valence-corrected chi connectivity index (χ0v) is 19.9. The van der Waals surface area contributed by atoms with E-state index in [9.17, 15) is 4.79 Å². The molecule has 1 aliphatic rings. The van der Waals surface area contributed by atoms with E-state index in [4.69, 9.17) is 32.7 Å². The molecule has 0 bridgehead atoms. The summed E-state index contributed by atoms with van der Waals surface area (Å²) in [6.45, 7) is 4.34. The number of fused-ring (bicyclic) bond motifs is 1. The number of carbonyl (C=O) groups is 1. The maximum Gasteiger partial charge on any atom is 0.338 e. The Labute approximate surface area is 202 Å². The molecule has 1 atom stereocenters. The minimum Gasteiger partial charge on any atom is -0.489 e. The molecule has 2 aromatic carbocycles. The van der Waals surface area contributed by atoms with Crippen LogP contribution in [0.2, 0.25) is 10.0 Å². The van der Waals surface area contributed by atoms with Crippen molar-refractivity contribution in [2.24, 2.45) is 0 Å². The molecule has 0 spiro atoms. The van der Waals surface area contributed by atoms with Crippen LogP contribution in [0.5, 0.6) is 5.75 Å². The summed E-state index contributed by atoms with van der Waals surface area (Å²) < 4.78 is 13.1. The van der Waals surface area contributed by atoms with E-state index in [0.717, 1.165) is 17.7 Å². The molecule has 0 aliphatic carbocycles. The number of nitrogens with one attached hydrogen (secondary N) is 1. The number of allylic oxidation sites excluding steroid dienone is 1. The van der Waals surface area contributed by atoms with Crippen LogP contribution in [0.15, 0.2) is 60.1 Å². The van der Waals surface area contributed by atoms with Gasteiger partial charge in [0.05, 0.1) is 12.2 Å². The third-order valence-electron chi connectivity index (χ3n) is 5.29. The topological polar surface area (TPSA) is 78.3 Å². The van der Waals surface area contributed by atoms with Crippen LogP contribution in [-0.2, 0) is 16.1 Å². The quantitative estimate of drug-likeness (QED) is 0.405. The first-order chi connectivity index (χ1) is 16.0. The van der Waals surface area contributed by atoms with Gasteiger partial charge in [0.2, 0.25) is 5.95 Å². The Morgan fingerprint density at radius 2 is 1.91 bits per heavy atom. The molecular formula is C24H24Cl2N4O3. The SMILES string of the molecule is CCCC1=C(C(=O)OCC)[C@H](c2cccc(OCc3c(Cl)cccc3Cl)c2)n2ncnc2N1. The van der Waals surface area contributed by atoms with Crippen LogP contribution < -0.4 is 10.1 Å². The molecule has 0 unspecified atom stereocenters. The van der Waals surface area contributed by atoms with E-state index in [1.54, 1.807) is 29.8 Å². The average Bonchev–Trinajstić information content (AvgIpc) is 3.26. The molecule has 0 amide bonds. The lowest BCUT2D eigenvalue weighted by atomic mass is 9.94. The Morgan fingerprint density at radius 1 is 1.15 bits per heavy atom. The van der Waals surface area contributed by atoms with Crippen molar-refractivity contribution < 1.29 is 14.3 Å². The van der Waals surface area contributed by atoms with E-state index in [1.165, 1.54) is 6.33 Å². The van der Waals surface area contributed by atoms with Crippen LogP contribution in [0.1, 0.15) is 43.9 Å². The van der Waals surface area contributed by atoms with Gasteiger partial charge in [0.15, 0.2) is 0 Å². The largest absolute Gasteiger partial charge is 0.489 e. The van der Waals surface area contributed by atoms with Gasteiger partial charge in [-0.15, -0.1) is 0 Å². The zero-order chi connectivity index (χ0) is 23.4. The van der Waals surface area contributed by atoms with Gasteiger partial charge in [0.25, 0.3) is 0 Å². The molecule has 1 aromatic heterocycles. The van der Waals surface area contributed by atoms with Gasteiger partial charge in [-0.1, -0.05) is 54.7 Å². The fraction of sp³-hybridized carbons (Fsp3) is 0.292. The molecule has 0 saturated carbocycles. The van der Waals surface area contributed by atoms with E-state index in [1.807, 2.05) is 24.3 Å². The van der Waals surface area contributed by atoms with Crippen LogP contribution in [0.3, 0.4) is 0 Å². The Kier molecular flexibility index (Phi) is 7.20. The fourth-order valence-electron chi connectivity index (χ4n) is 3.82. The minimum atomic E-state index is -0.503. The molecule has 1 N–H and O–H groups in total. The second-order valence-electron chi connectivity index (χ2n) is 7.48. The molecule has 4 rings (SSSR count). The van der Waals surface area contributed by atoms with Crippen molar-refractivity contribution in [3.05, 3.63) is 81.2 Å². The summed E-state index contributed by atoms with van der Waals surface area (Å²) >= 11 is 12.5. The van der Waals surface area contributed by atoms with Crippen LogP contribution in [0, 0.1) is 0 Å². The van der Waals surface area contributed by atoms with Gasteiger partial charge in [-0.3, -0.25) is 0 Å². The summed E-state index contributed by atoms with van der Waals surface area (Å²) in [5, 5.41) is 8.71. The van der Waals surface area contributed by atoms with Gasteiger partial charge in [0, 0.05) is 21.3 Å². The number of benzene rings is 2. The molecule has 0 saturated heterocycles. The number of esters is 1. The number of rotatable bonds is 8. The summed E-state index contributed by atoms with van der Waals surface area (Å²) in [6, 6.07) is 12.4. The average molecular weight is 487 g/mol. The smallest absolute Gasteiger partial charge is 0.338 e. The van der Waals surface area contributed by atoms with Crippen molar-refractivity contribution in [3.63, 3.8) is 0 Å². The first-order valence-electron chi connectivity index (χ1n) is 10.8. The molecule has 1 aliphatic heterocycles. The molecule has 0 fully saturated rings. The fourth-order valence-corrected chi connectivity index (χ4v) is 4.32. The van der Waals surface area contributed by atoms with E-state index in [0.29, 0.717) is 39.3 Å². The second kappa shape index (κ2) is 10.3. The predicted molar refractivity (Wildman–Crippen MR) is 128 cm³/mol. The Hall–Kier alpha value is -3.03. The van der Waals surface area contributed by atoms with E-state index in [-0.39, 0.29) is 19.2 Å². The predicted octanol–water partition coefficient (Wildman–Crippen LogP) is 5.80. The number of nitrogens with zero attached hydrogens (tertiary/aromatic N) is 3. The number of hydrogen-bond acceptors (Lipinski definition) is 6. The van der Waals surface area contributed by atoms with Gasteiger partial charge < -0.3 is 14.8 Å². The standard InChI is InChI=1S/C24H24Cl2N4O3/c1-3-7-20-21(23(31)32-4-2)22(30-24(29-20)27-14-28-30)15-8-5-9-16(12-15)33-13-17-18(25)10-6-11-19(17)26/h5-6,8-12,14,22H,3-4,7,13H2,1-2H3,(H,27,28,29)/t22-/m0/s1. The van der Waals surface area contributed by atoms with Gasteiger partial charge in [-0.2, -0.15) is 10.1 Å². The Balaban J connectivity index is 1.71. The summed E-state index contributed by atoms with van der Waals surface area (Å²) in [6.07, 6.45) is 3.00. The summed E-state index contributed by atoms with van der Waals surface area (Å²) in [5.74, 6) is 0.809. The highest BCUT2D eigenvalue weighted by Gasteiger charge is 2.35. The molecule has 2 heterocycles. The van der Waals surface area contributed by atoms with Crippen molar-refractivity contribution in [1.29, 1.82) is 0 Å². The third kappa shape index (κ3) is 4.84. The van der Waals surface area contributed by atoms with Gasteiger partial charge in [-0.05, 0) is 43.2 Å². The van der Waals surface area contributed by atoms with Crippen molar-refractivity contribution in [2.45, 2.75) is 39.3 Å². The van der Waals surface area contributed by atoms with Gasteiger partial charge >= 0.3 is 5.97 Å². The van der Waals surface area contributed by atoms with Crippen molar-refractivity contribution >= 4 is 35.1 Å². The number of aromatic nitrogens is 3. The molecule has 7 nitrogen and oxygen atoms in total. The molecule has 3 aromatic rings. The number of ether oxygens (including phenoxy) is 2. The lowest BCUT2D eigenvalue weighted by molar-refractivity contribution is -0.139. The maximum absolute atomic E-state index is 13.0. The monoisotopic (exact) mass is 486 g/mol. The molecule has 9 heteroatoms. The molecule has 172 valence electrons. The highest BCUT2D eigenvalue weighted by molar-refractivity contribution is 6.35. The highest BCUT2D eigenvalue weighted by Crippen LogP contribution is 2.38. The van der Waals surface area contributed by atoms with Crippen molar-refractivity contribution in [1.82, 2.24) is 14.8 Å². The first-order valence-corrected chi connectivity index (χ1v) is 11.5. The van der Waals surface area contributed by atoms with E-state index < -0.39 is 6.04 Å². The van der Waals surface area contributed by atoms with Crippen LogP contribution >= 0.6 is 23.2 Å². The van der Waals surface area contributed by atoms with Gasteiger partial charge in [-0.25, -0.2) is 9.48 Å². The summed E-state index contributed by atoms with van der Waals surface area (Å²) in [4.78, 5) is 17.3. The van der Waals surface area contributed by atoms with Crippen LogP contribution in [0.25, 0.3) is 0 Å². The normalized spacial score (nSPS) is 15.1. The highest BCUT2D eigenvalue weighted by atomic mass is 35.5. The van der Waals surface area contributed by atoms with Crippen molar-refractivity contribution in [2.75, 3.05) is 11.9 Å². The Bertz CT molecular complexity index is 1170. The third-order valence-corrected chi connectivity index (χ3v) is 6.00. The lowest BCUT2D eigenvalue weighted by Gasteiger charge is -2.29. The van der Waals surface area contributed by atoms with Crippen LogP contribution in [0.4, 0.5) is 5.95 Å². The molecule has 33 heavy (non-hydrogen) atoms. The van der Waals surface area contributed by atoms with Gasteiger partial charge in [0.1, 0.15) is 24.7 Å².